The van der Waals surface area contributed by atoms with Crippen LogP contribution in [0.2, 0.25) is 0 Å². The van der Waals surface area contributed by atoms with E-state index in [2.05, 4.69) is 36.1 Å². The van der Waals surface area contributed by atoms with Gasteiger partial charge in [-0.05, 0) is 32.3 Å². The lowest BCUT2D eigenvalue weighted by molar-refractivity contribution is 0.0158. The molecular formula is C15H21N3O2. The quantitative estimate of drug-likeness (QED) is 0.877. The van der Waals surface area contributed by atoms with Crippen molar-refractivity contribution < 1.29 is 9.26 Å². The number of benzene rings is 1. The fourth-order valence-electron chi connectivity index (χ4n) is 1.82. The fourth-order valence-corrected chi connectivity index (χ4v) is 1.82. The summed E-state index contributed by atoms with van der Waals surface area (Å²) in [5, 5.41) is 3.90. The van der Waals surface area contributed by atoms with E-state index in [0.29, 0.717) is 11.7 Å². The van der Waals surface area contributed by atoms with Crippen molar-refractivity contribution >= 4 is 0 Å². The number of aryl methyl sites for hydroxylation is 1. The van der Waals surface area contributed by atoms with E-state index in [0.717, 1.165) is 18.4 Å². The number of aromatic nitrogens is 2. The van der Waals surface area contributed by atoms with Crippen LogP contribution in [0.3, 0.4) is 0 Å². The molecule has 5 heteroatoms. The van der Waals surface area contributed by atoms with Gasteiger partial charge in [-0.2, -0.15) is 4.98 Å². The van der Waals surface area contributed by atoms with Gasteiger partial charge in [-0.25, -0.2) is 0 Å². The lowest BCUT2D eigenvalue weighted by Crippen LogP contribution is -2.22. The third-order valence-electron chi connectivity index (χ3n) is 3.42. The Morgan fingerprint density at radius 2 is 1.95 bits per heavy atom. The van der Waals surface area contributed by atoms with Gasteiger partial charge in [0, 0.05) is 12.7 Å². The van der Waals surface area contributed by atoms with Crippen molar-refractivity contribution in [3.8, 4) is 11.4 Å². The van der Waals surface area contributed by atoms with E-state index >= 15 is 0 Å². The highest BCUT2D eigenvalue weighted by Gasteiger charge is 2.16. The van der Waals surface area contributed by atoms with E-state index in [1.165, 1.54) is 5.56 Å². The third kappa shape index (κ3) is 3.65. The van der Waals surface area contributed by atoms with E-state index in [9.17, 15) is 0 Å². The topological polar surface area (TPSA) is 74.2 Å². The maximum absolute atomic E-state index is 5.45. The Morgan fingerprint density at radius 3 is 2.50 bits per heavy atom. The van der Waals surface area contributed by atoms with Crippen molar-refractivity contribution in [2.45, 2.75) is 38.8 Å². The van der Waals surface area contributed by atoms with Gasteiger partial charge in [0.2, 0.25) is 11.7 Å². The number of nitrogens with two attached hydrogens (primary N) is 1. The molecule has 0 saturated carbocycles. The normalized spacial score (nSPS) is 11.8. The Bertz CT molecular complexity index is 547. The van der Waals surface area contributed by atoms with Gasteiger partial charge < -0.3 is 15.0 Å². The zero-order valence-corrected chi connectivity index (χ0v) is 12.2. The average molecular weight is 275 g/mol. The van der Waals surface area contributed by atoms with Crippen molar-refractivity contribution in [1.82, 2.24) is 10.1 Å². The molecule has 0 aliphatic rings. The van der Waals surface area contributed by atoms with Crippen LogP contribution in [0, 0.1) is 0 Å². The zero-order valence-electron chi connectivity index (χ0n) is 12.2. The molecule has 0 radical (unpaired) electrons. The summed E-state index contributed by atoms with van der Waals surface area (Å²) < 4.78 is 10.4. The SMILES string of the molecule is COC(C)(C)CCc1ccc(-c2noc(CN)n2)cc1. The molecule has 0 atom stereocenters. The minimum absolute atomic E-state index is 0.0949. The van der Waals surface area contributed by atoms with Crippen molar-refractivity contribution in [2.24, 2.45) is 5.73 Å². The smallest absolute Gasteiger partial charge is 0.240 e. The van der Waals surface area contributed by atoms with Crippen LogP contribution in [-0.4, -0.2) is 22.9 Å². The Balaban J connectivity index is 2.03. The summed E-state index contributed by atoms with van der Waals surface area (Å²) in [5.41, 5.74) is 7.55. The largest absolute Gasteiger partial charge is 0.379 e. The van der Waals surface area contributed by atoms with Crippen molar-refractivity contribution in [3.05, 3.63) is 35.7 Å². The van der Waals surface area contributed by atoms with Gasteiger partial charge in [-0.15, -0.1) is 0 Å². The molecular weight excluding hydrogens is 254 g/mol. The highest BCUT2D eigenvalue weighted by Crippen LogP contribution is 2.20. The second-order valence-corrected chi connectivity index (χ2v) is 5.38. The molecule has 0 amide bonds. The van der Waals surface area contributed by atoms with Gasteiger partial charge in [0.05, 0.1) is 12.1 Å². The summed E-state index contributed by atoms with van der Waals surface area (Å²) in [7, 11) is 1.74. The Hall–Kier alpha value is -1.72. The minimum Gasteiger partial charge on any atom is -0.379 e. The third-order valence-corrected chi connectivity index (χ3v) is 3.42. The molecule has 0 spiro atoms. The molecule has 0 aliphatic carbocycles. The molecule has 1 heterocycles. The molecule has 0 aliphatic heterocycles. The van der Waals surface area contributed by atoms with Crippen LogP contribution >= 0.6 is 0 Å². The molecule has 1 aromatic carbocycles. The summed E-state index contributed by atoms with van der Waals surface area (Å²) in [6.45, 7) is 4.45. The van der Waals surface area contributed by atoms with E-state index in [1.807, 2.05) is 12.1 Å². The van der Waals surface area contributed by atoms with Gasteiger partial charge in [-0.3, -0.25) is 0 Å². The highest BCUT2D eigenvalue weighted by atomic mass is 16.5. The molecule has 5 nitrogen and oxygen atoms in total. The monoisotopic (exact) mass is 275 g/mol. The predicted octanol–water partition coefficient (Wildman–Crippen LogP) is 2.55. The van der Waals surface area contributed by atoms with Gasteiger partial charge in [-0.1, -0.05) is 29.4 Å². The first-order valence-electron chi connectivity index (χ1n) is 6.71. The summed E-state index contributed by atoms with van der Waals surface area (Å²) in [6, 6.07) is 8.17. The number of methoxy groups -OCH3 is 1. The lowest BCUT2D eigenvalue weighted by atomic mass is 9.98. The van der Waals surface area contributed by atoms with Crippen molar-refractivity contribution in [1.29, 1.82) is 0 Å². The summed E-state index contributed by atoms with van der Waals surface area (Å²) in [6.07, 6.45) is 1.95. The number of ether oxygens (including phenoxy) is 1. The van der Waals surface area contributed by atoms with Crippen LogP contribution in [0.1, 0.15) is 31.7 Å². The first kappa shape index (κ1) is 14.7. The van der Waals surface area contributed by atoms with Crippen LogP contribution < -0.4 is 5.73 Å². The van der Waals surface area contributed by atoms with E-state index in [-0.39, 0.29) is 12.1 Å². The molecule has 2 N–H and O–H groups in total. The van der Waals surface area contributed by atoms with Gasteiger partial charge in [0.25, 0.3) is 0 Å². The minimum atomic E-state index is -0.0949. The highest BCUT2D eigenvalue weighted by molar-refractivity contribution is 5.54. The molecule has 0 fully saturated rings. The first-order chi connectivity index (χ1) is 9.54. The van der Waals surface area contributed by atoms with Crippen LogP contribution in [0.15, 0.2) is 28.8 Å². The number of hydrogen-bond acceptors (Lipinski definition) is 5. The van der Waals surface area contributed by atoms with Crippen LogP contribution in [0.25, 0.3) is 11.4 Å². The fraction of sp³-hybridized carbons (Fsp3) is 0.467. The summed E-state index contributed by atoms with van der Waals surface area (Å²) in [5.74, 6) is 1.03. The second-order valence-electron chi connectivity index (χ2n) is 5.38. The molecule has 2 aromatic rings. The number of rotatable bonds is 6. The standard InChI is InChI=1S/C15H21N3O2/c1-15(2,19-3)9-8-11-4-6-12(7-5-11)14-17-13(10-16)20-18-14/h4-7H,8-10,16H2,1-3H3. The molecule has 0 unspecified atom stereocenters. The van der Waals surface area contributed by atoms with Crippen LogP contribution in [0.4, 0.5) is 0 Å². The van der Waals surface area contributed by atoms with Gasteiger partial charge >= 0.3 is 0 Å². The van der Waals surface area contributed by atoms with Crippen molar-refractivity contribution in [3.63, 3.8) is 0 Å². The second kappa shape index (κ2) is 6.15. The van der Waals surface area contributed by atoms with E-state index in [1.54, 1.807) is 7.11 Å². The zero-order chi connectivity index (χ0) is 14.6. The number of hydrogen-bond donors (Lipinski definition) is 1. The first-order valence-corrected chi connectivity index (χ1v) is 6.71. The Kier molecular flexibility index (Phi) is 4.52. The lowest BCUT2D eigenvalue weighted by Gasteiger charge is -2.22. The predicted molar refractivity (Wildman–Crippen MR) is 77.0 cm³/mol. The van der Waals surface area contributed by atoms with E-state index < -0.39 is 0 Å². The Labute approximate surface area is 119 Å². The number of nitrogens with zero attached hydrogens (tertiary/aromatic N) is 2. The van der Waals surface area contributed by atoms with Gasteiger partial charge in [0.1, 0.15) is 0 Å². The molecule has 20 heavy (non-hydrogen) atoms. The van der Waals surface area contributed by atoms with Crippen LogP contribution in [-0.2, 0) is 17.7 Å². The Morgan fingerprint density at radius 1 is 1.25 bits per heavy atom. The molecule has 0 saturated heterocycles. The summed E-state index contributed by atoms with van der Waals surface area (Å²) in [4.78, 5) is 4.20. The molecule has 1 aromatic heterocycles. The maximum atomic E-state index is 5.45. The maximum Gasteiger partial charge on any atom is 0.240 e. The van der Waals surface area contributed by atoms with Gasteiger partial charge in [0.15, 0.2) is 0 Å². The van der Waals surface area contributed by atoms with E-state index in [4.69, 9.17) is 15.0 Å². The summed E-state index contributed by atoms with van der Waals surface area (Å²) >= 11 is 0. The average Bonchev–Trinajstić information content (AvgIpc) is 2.95. The molecule has 108 valence electrons. The molecule has 0 bridgehead atoms. The van der Waals surface area contributed by atoms with Crippen LogP contribution in [0.5, 0.6) is 0 Å². The van der Waals surface area contributed by atoms with Crippen molar-refractivity contribution in [2.75, 3.05) is 7.11 Å². The molecule has 2 rings (SSSR count).